The number of ketones is 1. The fourth-order valence-electron chi connectivity index (χ4n) is 1.26. The zero-order valence-corrected chi connectivity index (χ0v) is 7.20. The number of carbonyl (C=O) groups excluding carboxylic acids is 1. The molecule has 2 rings (SSSR count). The Labute approximate surface area is 75.4 Å². The van der Waals surface area contributed by atoms with E-state index in [2.05, 4.69) is 11.4 Å². The molecule has 0 aliphatic carbocycles. The molecule has 0 saturated heterocycles. The molecule has 0 spiro atoms. The first-order valence-corrected chi connectivity index (χ1v) is 4.00. The SMILES string of the molecule is CC(=O)Cc1ccc2o[c]nc2c1. The average Bonchev–Trinajstić information content (AvgIpc) is 2.49. The predicted octanol–water partition coefficient (Wildman–Crippen LogP) is 1.76. The summed E-state index contributed by atoms with van der Waals surface area (Å²) < 4.78 is 4.96. The number of Topliss-reactive ketones (excluding diaryl/α,β-unsaturated/α-hetero) is 1. The van der Waals surface area contributed by atoms with Crippen molar-refractivity contribution >= 4 is 16.9 Å². The predicted molar refractivity (Wildman–Crippen MR) is 47.2 cm³/mol. The van der Waals surface area contributed by atoms with E-state index in [4.69, 9.17) is 4.42 Å². The molecular weight excluding hydrogens is 166 g/mol. The van der Waals surface area contributed by atoms with Gasteiger partial charge in [-0.05, 0) is 24.6 Å². The van der Waals surface area contributed by atoms with Gasteiger partial charge in [0.2, 0.25) is 0 Å². The summed E-state index contributed by atoms with van der Waals surface area (Å²) in [5.41, 5.74) is 2.41. The summed E-state index contributed by atoms with van der Waals surface area (Å²) in [4.78, 5) is 14.7. The van der Waals surface area contributed by atoms with E-state index in [1.165, 1.54) is 0 Å². The summed E-state index contributed by atoms with van der Waals surface area (Å²) in [6.45, 7) is 1.57. The number of nitrogens with zero attached hydrogens (tertiary/aromatic N) is 1. The number of carbonyl (C=O) groups is 1. The van der Waals surface area contributed by atoms with Crippen LogP contribution in [-0.4, -0.2) is 10.8 Å². The lowest BCUT2D eigenvalue weighted by molar-refractivity contribution is -0.116. The minimum absolute atomic E-state index is 0.145. The van der Waals surface area contributed by atoms with Gasteiger partial charge >= 0.3 is 0 Å². The van der Waals surface area contributed by atoms with Gasteiger partial charge in [0.1, 0.15) is 11.3 Å². The van der Waals surface area contributed by atoms with Crippen LogP contribution in [-0.2, 0) is 11.2 Å². The molecular formula is C10H8NO2. The molecule has 65 valence electrons. The van der Waals surface area contributed by atoms with Gasteiger partial charge in [0.15, 0.2) is 5.58 Å². The molecule has 1 aromatic heterocycles. The van der Waals surface area contributed by atoms with Crippen LogP contribution in [0.25, 0.3) is 11.1 Å². The molecule has 0 aliphatic rings. The van der Waals surface area contributed by atoms with Crippen molar-refractivity contribution in [3.8, 4) is 0 Å². The van der Waals surface area contributed by atoms with Gasteiger partial charge in [0.25, 0.3) is 6.39 Å². The van der Waals surface area contributed by atoms with Gasteiger partial charge < -0.3 is 4.42 Å². The summed E-state index contributed by atoms with van der Waals surface area (Å²) in [5.74, 6) is 0.145. The van der Waals surface area contributed by atoms with Crippen molar-refractivity contribution in [2.24, 2.45) is 0 Å². The standard InChI is InChI=1S/C10H8NO2/c1-7(12)4-8-2-3-10-9(5-8)11-6-13-10/h2-3,5H,4H2,1H3. The number of rotatable bonds is 2. The number of hydrogen-bond donors (Lipinski definition) is 0. The van der Waals surface area contributed by atoms with Crippen LogP contribution in [0, 0.1) is 6.39 Å². The fraction of sp³-hybridized carbons (Fsp3) is 0.200. The maximum atomic E-state index is 10.8. The number of aromatic nitrogens is 1. The molecule has 0 amide bonds. The van der Waals surface area contributed by atoms with Crippen LogP contribution in [0.1, 0.15) is 12.5 Å². The van der Waals surface area contributed by atoms with Crippen molar-refractivity contribution in [1.82, 2.24) is 4.98 Å². The van der Waals surface area contributed by atoms with Gasteiger partial charge in [-0.1, -0.05) is 6.07 Å². The van der Waals surface area contributed by atoms with Gasteiger partial charge in [-0.3, -0.25) is 4.79 Å². The quantitative estimate of drug-likeness (QED) is 0.696. The number of hydrogen-bond acceptors (Lipinski definition) is 3. The minimum Gasteiger partial charge on any atom is -0.432 e. The molecule has 1 heterocycles. The minimum atomic E-state index is 0.145. The van der Waals surface area contributed by atoms with Crippen LogP contribution in [0.15, 0.2) is 22.6 Å². The van der Waals surface area contributed by atoms with E-state index < -0.39 is 0 Å². The van der Waals surface area contributed by atoms with Crippen LogP contribution >= 0.6 is 0 Å². The molecule has 13 heavy (non-hydrogen) atoms. The normalized spacial score (nSPS) is 10.5. The van der Waals surface area contributed by atoms with E-state index in [0.29, 0.717) is 12.0 Å². The monoisotopic (exact) mass is 174 g/mol. The highest BCUT2D eigenvalue weighted by Crippen LogP contribution is 2.14. The Morgan fingerprint density at radius 3 is 3.23 bits per heavy atom. The Morgan fingerprint density at radius 1 is 1.62 bits per heavy atom. The Balaban J connectivity index is 2.42. The third kappa shape index (κ3) is 1.59. The van der Waals surface area contributed by atoms with Crippen LogP contribution in [0.4, 0.5) is 0 Å². The average molecular weight is 174 g/mol. The van der Waals surface area contributed by atoms with Crippen LogP contribution in [0.3, 0.4) is 0 Å². The van der Waals surface area contributed by atoms with Crippen LogP contribution < -0.4 is 0 Å². The highest BCUT2D eigenvalue weighted by Gasteiger charge is 2.02. The second kappa shape index (κ2) is 3.01. The lowest BCUT2D eigenvalue weighted by Gasteiger charge is -1.95. The zero-order chi connectivity index (χ0) is 9.26. The van der Waals surface area contributed by atoms with Crippen LogP contribution in [0.2, 0.25) is 0 Å². The zero-order valence-electron chi connectivity index (χ0n) is 7.20. The van der Waals surface area contributed by atoms with Crippen molar-refractivity contribution < 1.29 is 9.21 Å². The third-order valence-corrected chi connectivity index (χ3v) is 1.80. The van der Waals surface area contributed by atoms with E-state index in [1.54, 1.807) is 13.0 Å². The lowest BCUT2D eigenvalue weighted by atomic mass is 10.1. The molecule has 1 aromatic carbocycles. The van der Waals surface area contributed by atoms with Gasteiger partial charge in [0.05, 0.1) is 0 Å². The van der Waals surface area contributed by atoms with Crippen molar-refractivity contribution in [3.05, 3.63) is 30.2 Å². The Kier molecular flexibility index (Phi) is 1.85. The first-order valence-electron chi connectivity index (χ1n) is 4.00. The van der Waals surface area contributed by atoms with Gasteiger partial charge in [-0.2, -0.15) is 0 Å². The Morgan fingerprint density at radius 2 is 2.46 bits per heavy atom. The highest BCUT2D eigenvalue weighted by molar-refractivity contribution is 5.80. The summed E-state index contributed by atoms with van der Waals surface area (Å²) in [7, 11) is 0. The molecule has 0 saturated carbocycles. The first kappa shape index (κ1) is 7.98. The molecule has 2 aromatic rings. The van der Waals surface area contributed by atoms with E-state index >= 15 is 0 Å². The van der Waals surface area contributed by atoms with Crippen LogP contribution in [0.5, 0.6) is 0 Å². The molecule has 3 nitrogen and oxygen atoms in total. The second-order valence-corrected chi connectivity index (χ2v) is 2.99. The highest BCUT2D eigenvalue weighted by atomic mass is 16.3. The van der Waals surface area contributed by atoms with Gasteiger partial charge in [0, 0.05) is 6.42 Å². The van der Waals surface area contributed by atoms with Gasteiger partial charge in [-0.15, -0.1) is 0 Å². The maximum absolute atomic E-state index is 10.8. The molecule has 1 radical (unpaired) electrons. The van der Waals surface area contributed by atoms with E-state index in [0.717, 1.165) is 11.1 Å². The second-order valence-electron chi connectivity index (χ2n) is 2.99. The maximum Gasteiger partial charge on any atom is 0.284 e. The number of oxazole rings is 1. The molecule has 0 unspecified atom stereocenters. The van der Waals surface area contributed by atoms with E-state index in [-0.39, 0.29) is 5.78 Å². The number of fused-ring (bicyclic) bond motifs is 1. The summed E-state index contributed by atoms with van der Waals surface area (Å²) in [6, 6.07) is 5.51. The van der Waals surface area contributed by atoms with Crippen molar-refractivity contribution in [1.29, 1.82) is 0 Å². The smallest absolute Gasteiger partial charge is 0.284 e. The molecule has 0 atom stereocenters. The lowest BCUT2D eigenvalue weighted by Crippen LogP contribution is -1.95. The van der Waals surface area contributed by atoms with Crippen molar-refractivity contribution in [2.75, 3.05) is 0 Å². The summed E-state index contributed by atoms with van der Waals surface area (Å²) >= 11 is 0. The van der Waals surface area contributed by atoms with E-state index in [9.17, 15) is 4.79 Å². The topological polar surface area (TPSA) is 43.1 Å². The summed E-state index contributed by atoms with van der Waals surface area (Å²) in [6.07, 6.45) is 2.86. The summed E-state index contributed by atoms with van der Waals surface area (Å²) in [5, 5.41) is 0. The molecule has 0 N–H and O–H groups in total. The molecule has 3 heteroatoms. The van der Waals surface area contributed by atoms with Crippen molar-refractivity contribution in [3.63, 3.8) is 0 Å². The molecule has 0 fully saturated rings. The fourth-order valence-corrected chi connectivity index (χ4v) is 1.26. The van der Waals surface area contributed by atoms with Crippen molar-refractivity contribution in [2.45, 2.75) is 13.3 Å². The molecule has 0 aliphatic heterocycles. The van der Waals surface area contributed by atoms with E-state index in [1.807, 2.05) is 12.1 Å². The Hall–Kier alpha value is -1.64. The van der Waals surface area contributed by atoms with Gasteiger partial charge in [-0.25, -0.2) is 4.98 Å². The third-order valence-electron chi connectivity index (χ3n) is 1.80. The molecule has 0 bridgehead atoms. The first-order chi connectivity index (χ1) is 6.25. The Bertz CT molecular complexity index is 445. The largest absolute Gasteiger partial charge is 0.432 e. The number of benzene rings is 1.